The second-order valence-corrected chi connectivity index (χ2v) is 9.55. The third-order valence-electron chi connectivity index (χ3n) is 6.18. The molecule has 5 amide bonds. The molecular weight excluding hydrogens is 544 g/mol. The number of hydrogen-bond acceptors (Lipinski definition) is 9. The van der Waals surface area contributed by atoms with E-state index in [0.717, 1.165) is 0 Å². The summed E-state index contributed by atoms with van der Waals surface area (Å²) in [7, 11) is 0. The third-order valence-corrected chi connectivity index (χ3v) is 6.18. The maximum absolute atomic E-state index is 13.1. The summed E-state index contributed by atoms with van der Waals surface area (Å²) in [5, 5.41) is 27.8. The van der Waals surface area contributed by atoms with Gasteiger partial charge in [-0.15, -0.1) is 0 Å². The Hall–Kier alpha value is -4.54. The lowest BCUT2D eigenvalue weighted by atomic mass is 9.97. The van der Waals surface area contributed by atoms with E-state index in [-0.39, 0.29) is 12.8 Å². The number of H-pyrrole nitrogens is 1. The number of imidazole rings is 1. The van der Waals surface area contributed by atoms with Gasteiger partial charge in [0.2, 0.25) is 29.5 Å². The van der Waals surface area contributed by atoms with E-state index in [4.69, 9.17) is 16.6 Å². The van der Waals surface area contributed by atoms with Crippen LogP contribution in [0.25, 0.3) is 0 Å². The predicted molar refractivity (Wildman–Crippen MR) is 141 cm³/mol. The Labute approximate surface area is 235 Å². The van der Waals surface area contributed by atoms with Gasteiger partial charge < -0.3 is 47.9 Å². The number of carbonyl (C=O) groups is 7. The second-order valence-electron chi connectivity index (χ2n) is 9.55. The van der Waals surface area contributed by atoms with Crippen molar-refractivity contribution in [1.29, 1.82) is 0 Å². The number of nitrogens with zero attached hydrogens (tertiary/aromatic N) is 1. The lowest BCUT2D eigenvalue weighted by Gasteiger charge is -2.28. The van der Waals surface area contributed by atoms with E-state index in [1.54, 1.807) is 13.8 Å². The molecule has 17 nitrogen and oxygen atoms in total. The SMILES string of the molecule is CC[C@H](C)[C@H](NC(=O)[C@H](CCC(=O)O)NC(=O)[C@H](C)NC(=O)[C@@H](N)Cc1cnc[nH]1)C(=O)N[C@@H](CC(N)=O)C(=O)O. The first-order chi connectivity index (χ1) is 19.2. The van der Waals surface area contributed by atoms with Gasteiger partial charge in [0.1, 0.15) is 24.2 Å². The van der Waals surface area contributed by atoms with Gasteiger partial charge in [-0.05, 0) is 19.3 Å². The van der Waals surface area contributed by atoms with Crippen molar-refractivity contribution < 1.29 is 43.8 Å². The zero-order chi connectivity index (χ0) is 31.3. The Morgan fingerprint density at radius 1 is 0.927 bits per heavy atom. The van der Waals surface area contributed by atoms with Crippen molar-refractivity contribution in [3.05, 3.63) is 18.2 Å². The summed E-state index contributed by atoms with van der Waals surface area (Å²) in [6.45, 7) is 4.64. The Balaban J connectivity index is 2.98. The van der Waals surface area contributed by atoms with Crippen LogP contribution < -0.4 is 32.7 Å². The molecule has 0 spiro atoms. The van der Waals surface area contributed by atoms with Crippen LogP contribution in [0.15, 0.2) is 12.5 Å². The van der Waals surface area contributed by atoms with Crippen LogP contribution in [0.2, 0.25) is 0 Å². The average Bonchev–Trinajstić information content (AvgIpc) is 3.40. The molecule has 1 heterocycles. The first-order valence-corrected chi connectivity index (χ1v) is 12.8. The van der Waals surface area contributed by atoms with E-state index in [1.807, 2.05) is 0 Å². The maximum Gasteiger partial charge on any atom is 0.326 e. The molecule has 0 unspecified atom stereocenters. The summed E-state index contributed by atoms with van der Waals surface area (Å²) in [5.41, 5.74) is 11.5. The van der Waals surface area contributed by atoms with Crippen LogP contribution in [-0.2, 0) is 40.0 Å². The number of aromatic nitrogens is 2. The number of nitrogens with one attached hydrogen (secondary N) is 5. The first-order valence-electron chi connectivity index (χ1n) is 12.8. The van der Waals surface area contributed by atoms with Crippen molar-refractivity contribution in [2.45, 2.75) is 83.1 Å². The monoisotopic (exact) mass is 582 g/mol. The molecule has 228 valence electrons. The summed E-state index contributed by atoms with van der Waals surface area (Å²) >= 11 is 0. The number of aromatic amines is 1. The Morgan fingerprint density at radius 2 is 1.56 bits per heavy atom. The van der Waals surface area contributed by atoms with Crippen molar-refractivity contribution in [3.8, 4) is 0 Å². The first kappa shape index (κ1) is 34.5. The van der Waals surface area contributed by atoms with Crippen LogP contribution in [0.4, 0.5) is 0 Å². The van der Waals surface area contributed by atoms with Gasteiger partial charge in [-0.1, -0.05) is 20.3 Å². The quantitative estimate of drug-likeness (QED) is 0.0846. The van der Waals surface area contributed by atoms with Crippen LogP contribution in [-0.4, -0.2) is 91.9 Å². The molecule has 0 aliphatic heterocycles. The number of rotatable bonds is 18. The number of amides is 5. The molecule has 0 fully saturated rings. The molecule has 0 radical (unpaired) electrons. The van der Waals surface area contributed by atoms with E-state index in [0.29, 0.717) is 12.1 Å². The Bertz CT molecular complexity index is 1090. The van der Waals surface area contributed by atoms with Crippen LogP contribution in [0, 0.1) is 5.92 Å². The molecule has 0 aliphatic rings. The molecule has 1 aromatic heterocycles. The van der Waals surface area contributed by atoms with Gasteiger partial charge in [0, 0.05) is 24.7 Å². The molecule has 41 heavy (non-hydrogen) atoms. The normalized spacial score (nSPS) is 15.2. The van der Waals surface area contributed by atoms with Crippen molar-refractivity contribution in [2.24, 2.45) is 17.4 Å². The summed E-state index contributed by atoms with van der Waals surface area (Å²) in [4.78, 5) is 91.7. The molecule has 0 saturated carbocycles. The summed E-state index contributed by atoms with van der Waals surface area (Å²) in [5.74, 6) is -7.60. The number of primary amides is 1. The van der Waals surface area contributed by atoms with Crippen molar-refractivity contribution in [2.75, 3.05) is 0 Å². The van der Waals surface area contributed by atoms with E-state index in [2.05, 4.69) is 31.2 Å². The highest BCUT2D eigenvalue weighted by Crippen LogP contribution is 2.11. The van der Waals surface area contributed by atoms with E-state index >= 15 is 0 Å². The van der Waals surface area contributed by atoms with Gasteiger partial charge in [0.25, 0.3) is 0 Å². The molecule has 1 aromatic rings. The fourth-order valence-corrected chi connectivity index (χ4v) is 3.56. The number of carboxylic acids is 2. The lowest BCUT2D eigenvalue weighted by molar-refractivity contribution is -0.144. The molecule has 17 heteroatoms. The minimum atomic E-state index is -1.64. The van der Waals surface area contributed by atoms with Crippen molar-refractivity contribution >= 4 is 41.5 Å². The van der Waals surface area contributed by atoms with Gasteiger partial charge in [0.05, 0.1) is 18.8 Å². The zero-order valence-electron chi connectivity index (χ0n) is 23.0. The topological polar surface area (TPSA) is 289 Å². The molecule has 1 rings (SSSR count). The maximum atomic E-state index is 13.1. The van der Waals surface area contributed by atoms with Gasteiger partial charge in [-0.25, -0.2) is 9.78 Å². The highest BCUT2D eigenvalue weighted by Gasteiger charge is 2.33. The largest absolute Gasteiger partial charge is 0.481 e. The van der Waals surface area contributed by atoms with Crippen LogP contribution in [0.3, 0.4) is 0 Å². The predicted octanol–water partition coefficient (Wildman–Crippen LogP) is -2.89. The Morgan fingerprint density at radius 3 is 2.07 bits per heavy atom. The number of carboxylic acid groups (broad SMARTS) is 2. The van der Waals surface area contributed by atoms with Crippen LogP contribution >= 0.6 is 0 Å². The third kappa shape index (κ3) is 12.0. The molecular formula is C24H38N8O9. The average molecular weight is 583 g/mol. The molecule has 0 aromatic carbocycles. The highest BCUT2D eigenvalue weighted by molar-refractivity contribution is 5.96. The van der Waals surface area contributed by atoms with Crippen LogP contribution in [0.5, 0.6) is 0 Å². The molecule has 0 saturated heterocycles. The zero-order valence-corrected chi connectivity index (χ0v) is 23.0. The highest BCUT2D eigenvalue weighted by atomic mass is 16.4. The number of nitrogens with two attached hydrogens (primary N) is 2. The van der Waals surface area contributed by atoms with Crippen LogP contribution in [0.1, 0.15) is 52.1 Å². The van der Waals surface area contributed by atoms with Gasteiger partial charge >= 0.3 is 11.9 Å². The van der Waals surface area contributed by atoms with Gasteiger partial charge in [-0.3, -0.25) is 28.8 Å². The van der Waals surface area contributed by atoms with E-state index in [1.165, 1.54) is 19.4 Å². The standard InChI is InChI=1S/C24H38N8O9/c1-4-11(2)19(23(39)31-16(24(40)41)8-17(26)33)32-22(38)15(5-6-18(34)35)30-20(36)12(3)29-21(37)14(25)7-13-9-27-10-28-13/h9-12,14-16,19H,4-8,25H2,1-3H3,(H2,26,33)(H,27,28)(H,29,37)(H,30,36)(H,31,39)(H,32,38)(H,34,35)(H,40,41)/t11-,12-,14-,15-,16-,19-/m0/s1. The summed E-state index contributed by atoms with van der Waals surface area (Å²) in [6.07, 6.45) is 1.82. The number of carbonyl (C=O) groups excluding carboxylic acids is 5. The fourth-order valence-electron chi connectivity index (χ4n) is 3.56. The van der Waals surface area contributed by atoms with Crippen molar-refractivity contribution in [1.82, 2.24) is 31.2 Å². The fraction of sp³-hybridized carbons (Fsp3) is 0.583. The summed E-state index contributed by atoms with van der Waals surface area (Å²) in [6, 6.07) is -6.57. The number of hydrogen-bond donors (Lipinski definition) is 9. The van der Waals surface area contributed by atoms with Crippen molar-refractivity contribution in [3.63, 3.8) is 0 Å². The smallest absolute Gasteiger partial charge is 0.326 e. The molecule has 11 N–H and O–H groups in total. The lowest BCUT2D eigenvalue weighted by Crippen LogP contribution is -2.59. The number of aliphatic carboxylic acids is 2. The van der Waals surface area contributed by atoms with Gasteiger partial charge in [0.15, 0.2) is 0 Å². The molecule has 6 atom stereocenters. The van der Waals surface area contributed by atoms with E-state index < -0.39 is 90.4 Å². The minimum Gasteiger partial charge on any atom is -0.481 e. The van der Waals surface area contributed by atoms with Gasteiger partial charge in [-0.2, -0.15) is 0 Å². The molecule has 0 aliphatic carbocycles. The summed E-state index contributed by atoms with van der Waals surface area (Å²) < 4.78 is 0. The molecule has 0 bridgehead atoms. The van der Waals surface area contributed by atoms with E-state index in [9.17, 15) is 38.7 Å². The Kier molecular flexibility index (Phi) is 13.9. The minimum absolute atomic E-state index is 0.116. The second kappa shape index (κ2) is 16.5.